The zero-order valence-electron chi connectivity index (χ0n) is 13.0. The number of benzene rings is 2. The van der Waals surface area contributed by atoms with Crippen LogP contribution in [0.5, 0.6) is 0 Å². The molecular weight excluding hydrogens is 347 g/mol. The van der Waals surface area contributed by atoms with Gasteiger partial charge in [0.15, 0.2) is 13.8 Å². The molecule has 21 heavy (non-hydrogen) atoms. The van der Waals surface area contributed by atoms with Crippen molar-refractivity contribution in [2.75, 3.05) is 0 Å². The molecule has 0 saturated heterocycles. The Morgan fingerprint density at radius 3 is 1.10 bits per heavy atom. The molecule has 0 heterocycles. The molecule has 112 valence electrons. The molecule has 0 amide bonds. The van der Waals surface area contributed by atoms with Crippen LogP contribution < -0.4 is 10.4 Å². The summed E-state index contributed by atoms with van der Waals surface area (Å²) >= 11 is 14.3. The summed E-state index contributed by atoms with van der Waals surface area (Å²) in [5.74, 6) is 0. The lowest BCUT2D eigenvalue weighted by atomic mass is 10.4. The molecule has 0 aromatic heterocycles. The fraction of sp³-hybridized carbons (Fsp3) is 0.250. The third-order valence-electron chi connectivity index (χ3n) is 4.20. The number of hydrogen-bond acceptors (Lipinski definition) is 0. The highest BCUT2D eigenvalue weighted by Crippen LogP contribution is 2.33. The molecule has 2 aromatic carbocycles. The van der Waals surface area contributed by atoms with Gasteiger partial charge in [0.05, 0.1) is 0 Å². The molecule has 2 rings (SSSR count). The van der Waals surface area contributed by atoms with E-state index in [1.165, 1.54) is 10.4 Å². The van der Waals surface area contributed by atoms with Gasteiger partial charge in [-0.15, -0.1) is 0 Å². The molecule has 0 N–H and O–H groups in total. The maximum atomic E-state index is 7.16. The van der Waals surface area contributed by atoms with E-state index in [1.807, 2.05) is 0 Å². The van der Waals surface area contributed by atoms with Crippen LogP contribution in [-0.4, -0.2) is 20.9 Å². The van der Waals surface area contributed by atoms with Gasteiger partial charge in [-0.3, -0.25) is 0 Å². The van der Waals surface area contributed by atoms with Gasteiger partial charge in [-0.25, -0.2) is 0 Å². The van der Waals surface area contributed by atoms with Gasteiger partial charge in [0.25, 0.3) is 0 Å². The summed E-state index contributed by atoms with van der Waals surface area (Å²) in [4.78, 5) is 0. The third-order valence-corrected chi connectivity index (χ3v) is 43.5. The highest BCUT2D eigenvalue weighted by molar-refractivity contribution is 7.90. The monoisotopic (exact) mass is 368 g/mol. The van der Waals surface area contributed by atoms with Gasteiger partial charge in [0.2, 0.25) is 0 Å². The lowest BCUT2D eigenvalue weighted by Crippen LogP contribution is -2.82. The van der Waals surface area contributed by atoms with Crippen molar-refractivity contribution in [1.82, 2.24) is 0 Å². The Morgan fingerprint density at radius 1 is 0.571 bits per heavy atom. The molecule has 0 spiro atoms. The van der Waals surface area contributed by atoms with Crippen LogP contribution in [0.2, 0.25) is 26.2 Å². The summed E-state index contributed by atoms with van der Waals surface area (Å²) in [7, 11) is -2.14. The second-order valence-corrected chi connectivity index (χ2v) is 36.0. The molecule has 0 atom stereocenters. The van der Waals surface area contributed by atoms with Crippen molar-refractivity contribution >= 4 is 53.4 Å². The molecular formula is C16H22Cl2Si3. The molecule has 0 nitrogen and oxygen atoms in total. The Kier molecular flexibility index (Phi) is 4.91. The van der Waals surface area contributed by atoms with E-state index >= 15 is 0 Å². The largest absolute Gasteiger partial charge is 0.171 e. The van der Waals surface area contributed by atoms with Crippen molar-refractivity contribution in [1.29, 1.82) is 0 Å². The number of hydrogen-bond donors (Lipinski definition) is 0. The van der Waals surface area contributed by atoms with Crippen LogP contribution in [-0.2, 0) is 0 Å². The van der Waals surface area contributed by atoms with E-state index in [0.29, 0.717) is 0 Å². The van der Waals surface area contributed by atoms with Crippen LogP contribution in [0, 0.1) is 0 Å². The maximum absolute atomic E-state index is 7.16. The highest BCUT2D eigenvalue weighted by Gasteiger charge is 2.61. The highest BCUT2D eigenvalue weighted by atomic mass is 35.6. The van der Waals surface area contributed by atoms with Crippen molar-refractivity contribution in [3.05, 3.63) is 60.7 Å². The quantitative estimate of drug-likeness (QED) is 0.557. The molecule has 0 aliphatic rings. The molecule has 2 aromatic rings. The standard InChI is InChI=1S/C16H22Cl2Si3/c1-19(2,17)21(20(3,4)18,15-11-7-5-8-12-15)16-13-9-6-10-14-16/h5-14H,1-4H3. The minimum atomic E-state index is -2.14. The summed E-state index contributed by atoms with van der Waals surface area (Å²) in [6, 6.07) is 21.6. The lowest BCUT2D eigenvalue weighted by molar-refractivity contribution is 1.72. The van der Waals surface area contributed by atoms with Gasteiger partial charge in [-0.2, -0.15) is 22.2 Å². The molecule has 0 radical (unpaired) electrons. The summed E-state index contributed by atoms with van der Waals surface area (Å²) in [5.41, 5.74) is 0. The van der Waals surface area contributed by atoms with Crippen LogP contribution in [0.25, 0.3) is 0 Å². The van der Waals surface area contributed by atoms with Crippen LogP contribution >= 0.6 is 22.2 Å². The van der Waals surface area contributed by atoms with Crippen LogP contribution in [0.1, 0.15) is 0 Å². The van der Waals surface area contributed by atoms with E-state index in [1.54, 1.807) is 0 Å². The first-order chi connectivity index (χ1) is 9.71. The molecule has 5 heteroatoms. The molecule has 0 aliphatic heterocycles. The smallest absolute Gasteiger partial charge is 0.150 e. The summed E-state index contributed by atoms with van der Waals surface area (Å²) in [6.07, 6.45) is 0. The molecule has 0 saturated carbocycles. The predicted octanol–water partition coefficient (Wildman–Crippen LogP) is 4.29. The normalized spacial score (nSPS) is 13.2. The Hall–Kier alpha value is -0.329. The van der Waals surface area contributed by atoms with Crippen molar-refractivity contribution < 1.29 is 0 Å². The topological polar surface area (TPSA) is 0 Å². The minimum absolute atomic E-state index is 1.40. The van der Waals surface area contributed by atoms with Crippen molar-refractivity contribution in [2.24, 2.45) is 0 Å². The van der Waals surface area contributed by atoms with Crippen molar-refractivity contribution in [3.63, 3.8) is 0 Å². The van der Waals surface area contributed by atoms with Crippen LogP contribution in [0.4, 0.5) is 0 Å². The van der Waals surface area contributed by atoms with Gasteiger partial charge in [-0.1, -0.05) is 97.2 Å². The first-order valence-corrected chi connectivity index (χ1v) is 19.2. The Balaban J connectivity index is 2.87. The van der Waals surface area contributed by atoms with E-state index in [9.17, 15) is 0 Å². The van der Waals surface area contributed by atoms with Crippen molar-refractivity contribution in [2.45, 2.75) is 26.2 Å². The average Bonchev–Trinajstić information content (AvgIpc) is 2.38. The zero-order chi connectivity index (χ0) is 15.7. The SMILES string of the molecule is C[Si](C)(Cl)[Si](c1ccccc1)(c1ccccc1)[Si](C)(C)Cl. The minimum Gasteiger partial charge on any atom is -0.171 e. The predicted molar refractivity (Wildman–Crippen MR) is 105 cm³/mol. The number of rotatable bonds is 4. The van der Waals surface area contributed by atoms with Gasteiger partial charge >= 0.3 is 0 Å². The maximum Gasteiger partial charge on any atom is 0.150 e. The summed E-state index contributed by atoms with van der Waals surface area (Å²) < 4.78 is 0. The van der Waals surface area contributed by atoms with Gasteiger partial charge in [0.1, 0.15) is 7.11 Å². The van der Waals surface area contributed by atoms with E-state index < -0.39 is 20.9 Å². The fourth-order valence-corrected chi connectivity index (χ4v) is 54.7. The Morgan fingerprint density at radius 2 is 0.857 bits per heavy atom. The summed E-state index contributed by atoms with van der Waals surface area (Å²) in [5, 5.41) is 2.80. The molecule has 0 fully saturated rings. The fourth-order valence-electron chi connectivity index (χ4n) is 3.62. The second kappa shape index (κ2) is 6.05. The van der Waals surface area contributed by atoms with Gasteiger partial charge in [-0.05, 0) is 0 Å². The number of halogens is 2. The van der Waals surface area contributed by atoms with E-state index in [-0.39, 0.29) is 0 Å². The summed E-state index contributed by atoms with van der Waals surface area (Å²) in [6.45, 7) is 5.08. The first-order valence-electron chi connectivity index (χ1n) is 7.20. The first kappa shape index (κ1) is 17.0. The molecule has 0 aliphatic carbocycles. The van der Waals surface area contributed by atoms with Crippen LogP contribution in [0.3, 0.4) is 0 Å². The van der Waals surface area contributed by atoms with Gasteiger partial charge < -0.3 is 0 Å². The lowest BCUT2D eigenvalue weighted by Gasteiger charge is -2.47. The third kappa shape index (κ3) is 2.94. The van der Waals surface area contributed by atoms with Crippen molar-refractivity contribution in [3.8, 4) is 0 Å². The van der Waals surface area contributed by atoms with E-state index in [2.05, 4.69) is 86.9 Å². The Labute approximate surface area is 140 Å². The molecule has 0 unspecified atom stereocenters. The zero-order valence-corrected chi connectivity index (χ0v) is 17.5. The van der Waals surface area contributed by atoms with Gasteiger partial charge in [0, 0.05) is 0 Å². The van der Waals surface area contributed by atoms with E-state index in [4.69, 9.17) is 22.2 Å². The second-order valence-electron chi connectivity index (χ2n) is 6.43. The van der Waals surface area contributed by atoms with Crippen LogP contribution in [0.15, 0.2) is 60.7 Å². The molecule has 0 bridgehead atoms. The van der Waals surface area contributed by atoms with E-state index in [0.717, 1.165) is 0 Å². The average molecular weight is 370 g/mol. The Bertz CT molecular complexity index is 531.